The van der Waals surface area contributed by atoms with Crippen LogP contribution in [0.1, 0.15) is 83.6 Å². The number of rotatable bonds is 10. The van der Waals surface area contributed by atoms with Crippen molar-refractivity contribution in [3.63, 3.8) is 0 Å². The highest BCUT2D eigenvalue weighted by atomic mass is 35.5. The maximum atomic E-state index is 17.3. The van der Waals surface area contributed by atoms with E-state index in [9.17, 15) is 5.11 Å². The van der Waals surface area contributed by atoms with Gasteiger partial charge in [0, 0.05) is 47.1 Å². The van der Waals surface area contributed by atoms with Crippen LogP contribution in [0.25, 0.3) is 33.1 Å². The molecule has 3 atom stereocenters. The van der Waals surface area contributed by atoms with Gasteiger partial charge in [0.25, 0.3) is 0 Å². The van der Waals surface area contributed by atoms with Gasteiger partial charge in [0.05, 0.1) is 51.8 Å². The molecule has 2 N–H and O–H groups in total. The zero-order valence-corrected chi connectivity index (χ0v) is 33.6. The van der Waals surface area contributed by atoms with E-state index in [1.54, 1.807) is 19.2 Å². The van der Waals surface area contributed by atoms with Crippen LogP contribution in [0.15, 0.2) is 12.3 Å². The van der Waals surface area contributed by atoms with E-state index in [1.165, 1.54) is 32.8 Å². The molecular weight excluding hydrogens is 725 g/mol. The molecule has 1 aromatic carbocycles. The number of benzene rings is 1. The lowest BCUT2D eigenvalue weighted by molar-refractivity contribution is -0.0487. The van der Waals surface area contributed by atoms with E-state index in [4.69, 9.17) is 45.5 Å². The molecule has 14 heteroatoms. The summed E-state index contributed by atoms with van der Waals surface area (Å²) in [7, 11) is 3.33. The standard InChI is InChI=1S/C41H55ClFN7O5/c1-6-40(23-52-4)14-10-26(11-15-40)50-16-8-13-41(12-7-9-30(41)50)24-55-38-46-35-32(36(47-38)49-17-18-54-22-39(3,51)21-49)37(53-5)45-34(33(35)43)31-25(2)28(42)19-29-27(31)20-44-48-29/h19-20,26,30,51H,6-18,21-24H2,1-5H3,(H,44,48). The minimum atomic E-state index is -1.18. The Morgan fingerprint density at radius 1 is 1.07 bits per heavy atom. The molecule has 0 spiro atoms. The fourth-order valence-corrected chi connectivity index (χ4v) is 10.6. The molecular formula is C41H55ClFN7O5. The molecule has 2 saturated heterocycles. The van der Waals surface area contributed by atoms with Crippen LogP contribution >= 0.6 is 11.6 Å². The van der Waals surface area contributed by atoms with Crippen molar-refractivity contribution in [3.8, 4) is 23.1 Å². The third-order valence-corrected chi connectivity index (χ3v) is 13.8. The van der Waals surface area contributed by atoms with Crippen LogP contribution in [-0.4, -0.2) is 113 Å². The molecule has 12 nitrogen and oxygen atoms in total. The average molecular weight is 780 g/mol. The maximum absolute atomic E-state index is 17.3. The van der Waals surface area contributed by atoms with E-state index in [1.807, 2.05) is 18.9 Å². The molecule has 2 aliphatic carbocycles. The Bertz CT molecular complexity index is 2040. The zero-order chi connectivity index (χ0) is 38.5. The Balaban J connectivity index is 1.18. The van der Waals surface area contributed by atoms with Gasteiger partial charge in [-0.2, -0.15) is 15.1 Å². The molecule has 298 valence electrons. The van der Waals surface area contributed by atoms with Gasteiger partial charge >= 0.3 is 6.01 Å². The van der Waals surface area contributed by atoms with Crippen LogP contribution in [0.2, 0.25) is 5.02 Å². The number of H-pyrrole nitrogens is 1. The molecule has 2 aliphatic heterocycles. The monoisotopic (exact) mass is 779 g/mol. The number of ether oxygens (including phenoxy) is 4. The first-order valence-electron chi connectivity index (χ1n) is 20.0. The first-order chi connectivity index (χ1) is 26.5. The number of aromatic amines is 1. The minimum Gasteiger partial charge on any atom is -0.480 e. The molecule has 5 heterocycles. The molecule has 55 heavy (non-hydrogen) atoms. The number of pyridine rings is 1. The maximum Gasteiger partial charge on any atom is 0.319 e. The van der Waals surface area contributed by atoms with Gasteiger partial charge < -0.3 is 29.0 Å². The van der Waals surface area contributed by atoms with Crippen LogP contribution in [-0.2, 0) is 9.47 Å². The van der Waals surface area contributed by atoms with Gasteiger partial charge in [0.1, 0.15) is 28.0 Å². The average Bonchev–Trinajstić information content (AvgIpc) is 3.79. The lowest BCUT2D eigenvalue weighted by Crippen LogP contribution is -2.56. The highest BCUT2D eigenvalue weighted by Gasteiger charge is 2.51. The van der Waals surface area contributed by atoms with Crippen LogP contribution in [0.5, 0.6) is 11.9 Å². The molecule has 0 amide bonds. The SMILES string of the molecule is CCC1(COC)CCC(N2CCCC3(COc4nc(N5CCOCC(C)(O)C5)c5c(OC)nc(-c6c(C)c(Cl)cc7[nH]ncc67)c(F)c5n4)CCCC23)CC1. The topological polar surface area (TPSA) is 131 Å². The Morgan fingerprint density at radius 3 is 2.64 bits per heavy atom. The molecule has 3 unspecified atom stereocenters. The Labute approximate surface area is 327 Å². The van der Waals surface area contributed by atoms with Gasteiger partial charge in [-0.1, -0.05) is 24.9 Å². The number of nitrogens with one attached hydrogen (secondary N) is 1. The van der Waals surface area contributed by atoms with Gasteiger partial charge in [0.2, 0.25) is 5.88 Å². The smallest absolute Gasteiger partial charge is 0.319 e. The van der Waals surface area contributed by atoms with E-state index in [2.05, 4.69) is 22.0 Å². The third kappa shape index (κ3) is 7.02. The Hall–Kier alpha value is -3.36. The highest BCUT2D eigenvalue weighted by molar-refractivity contribution is 6.33. The molecule has 0 bridgehead atoms. The van der Waals surface area contributed by atoms with Gasteiger partial charge in [0.15, 0.2) is 5.82 Å². The highest BCUT2D eigenvalue weighted by Crippen LogP contribution is 2.51. The third-order valence-electron chi connectivity index (χ3n) is 13.4. The lowest BCUT2D eigenvalue weighted by Gasteiger charge is -2.52. The van der Waals surface area contributed by atoms with Gasteiger partial charge in [-0.3, -0.25) is 10.00 Å². The summed E-state index contributed by atoms with van der Waals surface area (Å²) >= 11 is 6.66. The number of fused-ring (bicyclic) bond motifs is 3. The molecule has 3 aromatic heterocycles. The van der Waals surface area contributed by atoms with E-state index >= 15 is 4.39 Å². The molecule has 4 aliphatic rings. The van der Waals surface area contributed by atoms with Gasteiger partial charge in [-0.15, -0.1) is 0 Å². The lowest BCUT2D eigenvalue weighted by atomic mass is 9.69. The summed E-state index contributed by atoms with van der Waals surface area (Å²) in [6, 6.07) is 2.83. The molecule has 0 radical (unpaired) electrons. The van der Waals surface area contributed by atoms with Crippen LogP contribution < -0.4 is 14.4 Å². The summed E-state index contributed by atoms with van der Waals surface area (Å²) in [6.07, 6.45) is 13.1. The summed E-state index contributed by atoms with van der Waals surface area (Å²) in [4.78, 5) is 19.3. The van der Waals surface area contributed by atoms with Crippen molar-refractivity contribution in [1.82, 2.24) is 30.0 Å². The van der Waals surface area contributed by atoms with Crippen LogP contribution in [0.3, 0.4) is 0 Å². The van der Waals surface area contributed by atoms with Crippen molar-refractivity contribution in [1.29, 1.82) is 0 Å². The van der Waals surface area contributed by atoms with Crippen LogP contribution in [0, 0.1) is 23.6 Å². The molecule has 4 fully saturated rings. The summed E-state index contributed by atoms with van der Waals surface area (Å²) in [5, 5.41) is 19.8. The van der Waals surface area contributed by atoms with Crippen molar-refractivity contribution in [2.75, 3.05) is 65.2 Å². The van der Waals surface area contributed by atoms with Crippen molar-refractivity contribution in [2.45, 2.75) is 103 Å². The number of nitrogens with zero attached hydrogens (tertiary/aromatic N) is 6. The second-order valence-corrected chi connectivity index (χ2v) is 17.3. The number of methoxy groups -OCH3 is 2. The second-order valence-electron chi connectivity index (χ2n) is 16.9. The summed E-state index contributed by atoms with van der Waals surface area (Å²) in [5.74, 6) is -0.124. The normalized spacial score (nSPS) is 29.1. The van der Waals surface area contributed by atoms with Gasteiger partial charge in [-0.25, -0.2) is 9.37 Å². The Morgan fingerprint density at radius 2 is 1.87 bits per heavy atom. The zero-order valence-electron chi connectivity index (χ0n) is 32.8. The summed E-state index contributed by atoms with van der Waals surface area (Å²) in [5.41, 5.74) is 0.931. The summed E-state index contributed by atoms with van der Waals surface area (Å²) in [6.45, 7) is 9.35. The molecule has 4 aromatic rings. The Kier molecular flexibility index (Phi) is 10.6. The number of hydrogen-bond donors (Lipinski definition) is 2. The number of hydrogen-bond acceptors (Lipinski definition) is 11. The number of aliphatic hydroxyl groups is 1. The first-order valence-corrected chi connectivity index (χ1v) is 20.4. The number of β-amino-alcohol motifs (C(OH)–C–C–N with tert-alkyl or cyclic N) is 1. The van der Waals surface area contributed by atoms with Crippen molar-refractivity contribution >= 4 is 39.2 Å². The molecule has 8 rings (SSSR count). The van der Waals surface area contributed by atoms with Gasteiger partial charge in [-0.05, 0) is 95.2 Å². The number of halogens is 2. The fourth-order valence-electron chi connectivity index (χ4n) is 10.4. The number of anilines is 1. The predicted molar refractivity (Wildman–Crippen MR) is 211 cm³/mol. The van der Waals surface area contributed by atoms with Crippen molar-refractivity contribution in [2.24, 2.45) is 10.8 Å². The minimum absolute atomic E-state index is 0.0195. The molecule has 2 saturated carbocycles. The largest absolute Gasteiger partial charge is 0.480 e. The van der Waals surface area contributed by atoms with Crippen molar-refractivity contribution in [3.05, 3.63) is 28.7 Å². The quantitative estimate of drug-likeness (QED) is 0.169. The number of likely N-dealkylation sites (tertiary alicyclic amines) is 1. The fraction of sp³-hybridized carbons (Fsp3) is 0.659. The van der Waals surface area contributed by atoms with E-state index < -0.39 is 11.4 Å². The van der Waals surface area contributed by atoms with E-state index in [-0.39, 0.29) is 41.7 Å². The van der Waals surface area contributed by atoms with E-state index in [0.717, 1.165) is 51.7 Å². The van der Waals surface area contributed by atoms with Crippen molar-refractivity contribution < 1.29 is 28.4 Å². The number of aromatic nitrogens is 5. The summed E-state index contributed by atoms with van der Waals surface area (Å²) < 4.78 is 41.4. The number of piperidine rings is 1. The first kappa shape index (κ1) is 38.5. The van der Waals surface area contributed by atoms with Crippen LogP contribution in [0.4, 0.5) is 10.2 Å². The van der Waals surface area contributed by atoms with E-state index in [0.29, 0.717) is 75.5 Å². The predicted octanol–water partition coefficient (Wildman–Crippen LogP) is 7.26. The second kappa shape index (κ2) is 15.2.